The fourth-order valence-corrected chi connectivity index (χ4v) is 4.85. The number of halogens is 2. The van der Waals surface area contributed by atoms with Gasteiger partial charge < -0.3 is 10.1 Å². The van der Waals surface area contributed by atoms with E-state index in [1.165, 1.54) is 12.1 Å². The van der Waals surface area contributed by atoms with Gasteiger partial charge in [-0.25, -0.2) is 8.42 Å². The molecule has 0 saturated carbocycles. The van der Waals surface area contributed by atoms with Gasteiger partial charge in [0.1, 0.15) is 5.75 Å². The van der Waals surface area contributed by atoms with Crippen LogP contribution in [0.4, 0.5) is 8.78 Å². The molecule has 2 aromatic carbocycles. The van der Waals surface area contributed by atoms with Gasteiger partial charge in [0.05, 0.1) is 23.5 Å². The molecule has 0 spiro atoms. The summed E-state index contributed by atoms with van der Waals surface area (Å²) in [7, 11) is -3.17. The van der Waals surface area contributed by atoms with Crippen molar-refractivity contribution < 1.29 is 26.7 Å². The maximum atomic E-state index is 12.6. The number of carbonyl (C=O) groups is 1. The molecule has 0 aromatic heterocycles. The third-order valence-corrected chi connectivity index (χ3v) is 6.23. The Morgan fingerprint density at radius 2 is 1.67 bits per heavy atom. The molecular formula is C19H19F2NO4S. The van der Waals surface area contributed by atoms with Crippen molar-refractivity contribution in [3.63, 3.8) is 0 Å². The summed E-state index contributed by atoms with van der Waals surface area (Å²) in [6.07, 6.45) is 0.302. The molecule has 27 heavy (non-hydrogen) atoms. The Morgan fingerprint density at radius 1 is 1.04 bits per heavy atom. The summed E-state index contributed by atoms with van der Waals surface area (Å²) < 4.78 is 52.3. The molecule has 144 valence electrons. The average molecular weight is 395 g/mol. The summed E-state index contributed by atoms with van der Waals surface area (Å²) >= 11 is 0. The SMILES string of the molecule is O=C(NC(c1ccccc1)c1ccc(OC(F)F)cc1)C1CCS(=O)(=O)C1. The highest BCUT2D eigenvalue weighted by molar-refractivity contribution is 7.91. The summed E-state index contributed by atoms with van der Waals surface area (Å²) in [5, 5.41) is 2.90. The van der Waals surface area contributed by atoms with Crippen molar-refractivity contribution >= 4 is 15.7 Å². The Morgan fingerprint density at radius 3 is 2.22 bits per heavy atom. The van der Waals surface area contributed by atoms with Crippen LogP contribution in [0.5, 0.6) is 5.75 Å². The number of hydrogen-bond donors (Lipinski definition) is 1. The van der Waals surface area contributed by atoms with E-state index < -0.39 is 28.4 Å². The number of rotatable bonds is 6. The van der Waals surface area contributed by atoms with Crippen molar-refractivity contribution in [3.05, 3.63) is 65.7 Å². The first-order valence-corrected chi connectivity index (χ1v) is 10.3. The molecule has 0 bridgehead atoms. The Hall–Kier alpha value is -2.48. The molecule has 3 rings (SSSR count). The molecule has 2 aromatic rings. The molecule has 1 N–H and O–H groups in total. The van der Waals surface area contributed by atoms with Crippen LogP contribution in [-0.2, 0) is 14.6 Å². The highest BCUT2D eigenvalue weighted by Crippen LogP contribution is 2.26. The Labute approximate surface area is 156 Å². The molecule has 1 amide bonds. The minimum atomic E-state index is -3.17. The second-order valence-electron chi connectivity index (χ2n) is 6.40. The van der Waals surface area contributed by atoms with E-state index in [4.69, 9.17) is 0 Å². The monoisotopic (exact) mass is 395 g/mol. The molecule has 0 aliphatic carbocycles. The molecule has 2 atom stereocenters. The first-order valence-electron chi connectivity index (χ1n) is 8.44. The van der Waals surface area contributed by atoms with Crippen LogP contribution in [0.3, 0.4) is 0 Å². The largest absolute Gasteiger partial charge is 0.435 e. The van der Waals surface area contributed by atoms with Crippen molar-refractivity contribution in [2.45, 2.75) is 19.1 Å². The van der Waals surface area contributed by atoms with E-state index in [-0.39, 0.29) is 23.2 Å². The smallest absolute Gasteiger partial charge is 0.387 e. The number of hydrogen-bond acceptors (Lipinski definition) is 4. The predicted octanol–water partition coefficient (Wildman–Crippen LogP) is 2.93. The average Bonchev–Trinajstić information content (AvgIpc) is 3.01. The number of alkyl halides is 2. The van der Waals surface area contributed by atoms with Gasteiger partial charge in [0, 0.05) is 0 Å². The normalized spacial score (nSPS) is 19.6. The lowest BCUT2D eigenvalue weighted by Gasteiger charge is -2.22. The minimum Gasteiger partial charge on any atom is -0.435 e. The van der Waals surface area contributed by atoms with Gasteiger partial charge in [0.25, 0.3) is 0 Å². The van der Waals surface area contributed by atoms with E-state index >= 15 is 0 Å². The lowest BCUT2D eigenvalue weighted by Crippen LogP contribution is -2.35. The third-order valence-electron chi connectivity index (χ3n) is 4.46. The van der Waals surface area contributed by atoms with E-state index in [0.29, 0.717) is 12.0 Å². The van der Waals surface area contributed by atoms with E-state index in [1.807, 2.05) is 30.3 Å². The zero-order valence-electron chi connectivity index (χ0n) is 14.3. The molecular weight excluding hydrogens is 376 g/mol. The first kappa shape index (κ1) is 19.3. The Bertz CT molecular complexity index is 886. The van der Waals surface area contributed by atoms with E-state index in [0.717, 1.165) is 5.56 Å². The van der Waals surface area contributed by atoms with Crippen molar-refractivity contribution in [2.24, 2.45) is 5.92 Å². The van der Waals surface area contributed by atoms with Gasteiger partial charge in [-0.15, -0.1) is 0 Å². The van der Waals surface area contributed by atoms with Crippen molar-refractivity contribution in [1.29, 1.82) is 0 Å². The van der Waals surface area contributed by atoms with Crippen molar-refractivity contribution in [1.82, 2.24) is 5.32 Å². The second kappa shape index (κ2) is 8.04. The number of sulfone groups is 1. The molecule has 8 heteroatoms. The number of ether oxygens (including phenoxy) is 1. The standard InChI is InChI=1S/C19H19F2NO4S/c20-19(21)26-16-8-6-14(7-9-16)17(13-4-2-1-3-5-13)22-18(23)15-10-11-27(24,25)12-15/h1-9,15,17,19H,10-12H2,(H,22,23). The van der Waals surface area contributed by atoms with E-state index in [1.54, 1.807) is 12.1 Å². The molecule has 5 nitrogen and oxygen atoms in total. The van der Waals surface area contributed by atoms with Gasteiger partial charge in [-0.3, -0.25) is 4.79 Å². The van der Waals surface area contributed by atoms with Gasteiger partial charge in [-0.1, -0.05) is 42.5 Å². The molecule has 1 aliphatic heterocycles. The molecule has 0 radical (unpaired) electrons. The van der Waals surface area contributed by atoms with Crippen LogP contribution >= 0.6 is 0 Å². The van der Waals surface area contributed by atoms with Gasteiger partial charge in [-0.2, -0.15) is 8.78 Å². The van der Waals surface area contributed by atoms with Crippen LogP contribution in [0.15, 0.2) is 54.6 Å². The quantitative estimate of drug-likeness (QED) is 0.816. The van der Waals surface area contributed by atoms with Crippen molar-refractivity contribution in [2.75, 3.05) is 11.5 Å². The van der Waals surface area contributed by atoms with Crippen molar-refractivity contribution in [3.8, 4) is 5.75 Å². The fraction of sp³-hybridized carbons (Fsp3) is 0.316. The highest BCUT2D eigenvalue weighted by atomic mass is 32.2. The summed E-state index contributed by atoms with van der Waals surface area (Å²) in [5.74, 6) is -1.03. The first-order chi connectivity index (χ1) is 12.8. The highest BCUT2D eigenvalue weighted by Gasteiger charge is 2.34. The lowest BCUT2D eigenvalue weighted by atomic mass is 9.97. The fourth-order valence-electron chi connectivity index (χ4n) is 3.11. The van der Waals surface area contributed by atoms with Crippen LogP contribution in [0.2, 0.25) is 0 Å². The van der Waals surface area contributed by atoms with E-state index in [9.17, 15) is 22.0 Å². The minimum absolute atomic E-state index is 0.0146. The molecule has 1 saturated heterocycles. The third kappa shape index (κ3) is 5.03. The lowest BCUT2D eigenvalue weighted by molar-refractivity contribution is -0.124. The topological polar surface area (TPSA) is 72.5 Å². The maximum absolute atomic E-state index is 12.6. The summed E-state index contributed by atoms with van der Waals surface area (Å²) in [6, 6.07) is 14.6. The van der Waals surface area contributed by atoms with Gasteiger partial charge in [0.15, 0.2) is 9.84 Å². The number of amides is 1. The summed E-state index contributed by atoms with van der Waals surface area (Å²) in [5.41, 5.74) is 1.48. The van der Waals surface area contributed by atoms with Crippen LogP contribution in [-0.4, -0.2) is 32.4 Å². The van der Waals surface area contributed by atoms with Crippen LogP contribution in [0.1, 0.15) is 23.6 Å². The molecule has 1 fully saturated rings. The summed E-state index contributed by atoms with van der Waals surface area (Å²) in [6.45, 7) is -2.91. The van der Waals surface area contributed by atoms with E-state index in [2.05, 4.69) is 10.1 Å². The van der Waals surface area contributed by atoms with Gasteiger partial charge >= 0.3 is 6.61 Å². The Kier molecular flexibility index (Phi) is 5.74. The van der Waals surface area contributed by atoms with Gasteiger partial charge in [-0.05, 0) is 29.7 Å². The second-order valence-corrected chi connectivity index (χ2v) is 8.63. The number of benzene rings is 2. The van der Waals surface area contributed by atoms with Gasteiger partial charge in [0.2, 0.25) is 5.91 Å². The van der Waals surface area contributed by atoms with Crippen LogP contribution in [0.25, 0.3) is 0 Å². The predicted molar refractivity (Wildman–Crippen MR) is 96.3 cm³/mol. The zero-order chi connectivity index (χ0) is 19.4. The molecule has 1 heterocycles. The van der Waals surface area contributed by atoms with Crippen LogP contribution in [0, 0.1) is 5.92 Å². The number of nitrogens with one attached hydrogen (secondary N) is 1. The van der Waals surface area contributed by atoms with Crippen LogP contribution < -0.4 is 10.1 Å². The molecule has 1 aliphatic rings. The Balaban J connectivity index is 1.83. The number of carbonyl (C=O) groups excluding carboxylic acids is 1. The summed E-state index contributed by atoms with van der Waals surface area (Å²) in [4.78, 5) is 12.6. The maximum Gasteiger partial charge on any atom is 0.387 e. The zero-order valence-corrected chi connectivity index (χ0v) is 15.2. The molecule has 2 unspecified atom stereocenters.